The predicted octanol–water partition coefficient (Wildman–Crippen LogP) is 0.779. The Morgan fingerprint density at radius 3 is 2.47 bits per heavy atom. The minimum absolute atomic E-state index is 0.180. The van der Waals surface area contributed by atoms with Crippen LogP contribution in [0.25, 0.3) is 0 Å². The number of anilines is 1. The van der Waals surface area contributed by atoms with Crippen molar-refractivity contribution in [2.45, 2.75) is 11.3 Å². The monoisotopic (exact) mass is 278 g/mol. The molecule has 0 saturated carbocycles. The Morgan fingerprint density at radius 1 is 1.16 bits per heavy atom. The Morgan fingerprint density at radius 2 is 1.89 bits per heavy atom. The molecule has 2 aromatic rings. The highest BCUT2D eigenvalue weighted by Gasteiger charge is 2.14. The summed E-state index contributed by atoms with van der Waals surface area (Å²) in [7, 11) is -3.63. The molecule has 0 radical (unpaired) electrons. The van der Waals surface area contributed by atoms with Crippen molar-refractivity contribution in [1.29, 1.82) is 0 Å². The Labute approximate surface area is 111 Å². The maximum absolute atomic E-state index is 12.1. The maximum Gasteiger partial charge on any atom is 0.263 e. The predicted molar refractivity (Wildman–Crippen MR) is 72.0 cm³/mol. The highest BCUT2D eigenvalue weighted by atomic mass is 32.2. The summed E-state index contributed by atoms with van der Waals surface area (Å²) in [4.78, 5) is 0.180. The van der Waals surface area contributed by atoms with Crippen molar-refractivity contribution in [3.05, 3.63) is 48.2 Å². The molecule has 1 aromatic carbocycles. The first-order chi connectivity index (χ1) is 9.12. The molecule has 7 heteroatoms. The molecule has 0 saturated heterocycles. The summed E-state index contributed by atoms with van der Waals surface area (Å²) in [6, 6.07) is 9.73. The number of sulfonamides is 1. The fourth-order valence-electron chi connectivity index (χ4n) is 1.55. The van der Waals surface area contributed by atoms with Crippen LogP contribution in [0.1, 0.15) is 5.56 Å². The van der Waals surface area contributed by atoms with Gasteiger partial charge in [0.25, 0.3) is 10.0 Å². The lowest BCUT2D eigenvalue weighted by atomic mass is 10.2. The van der Waals surface area contributed by atoms with Crippen molar-refractivity contribution >= 4 is 15.8 Å². The zero-order valence-corrected chi connectivity index (χ0v) is 11.0. The lowest BCUT2D eigenvalue weighted by molar-refractivity contribution is 0.601. The molecule has 0 bridgehead atoms. The first kappa shape index (κ1) is 13.4. The second kappa shape index (κ2) is 5.77. The van der Waals surface area contributed by atoms with Gasteiger partial charge in [-0.1, -0.05) is 12.1 Å². The van der Waals surface area contributed by atoms with Crippen LogP contribution < -0.4 is 10.5 Å². The van der Waals surface area contributed by atoms with Gasteiger partial charge >= 0.3 is 0 Å². The number of nitrogens with two attached hydrogens (primary N) is 1. The van der Waals surface area contributed by atoms with E-state index >= 15 is 0 Å². The fraction of sp³-hybridized carbons (Fsp3) is 0.167. The Bertz CT molecular complexity index is 627. The minimum atomic E-state index is -3.63. The van der Waals surface area contributed by atoms with Gasteiger partial charge in [0.2, 0.25) is 0 Å². The van der Waals surface area contributed by atoms with Gasteiger partial charge in [-0.3, -0.25) is 4.72 Å². The van der Waals surface area contributed by atoms with E-state index in [1.165, 1.54) is 12.3 Å². The maximum atomic E-state index is 12.1. The van der Waals surface area contributed by atoms with E-state index in [1.807, 2.05) is 0 Å². The van der Waals surface area contributed by atoms with Crippen LogP contribution in [-0.4, -0.2) is 25.2 Å². The van der Waals surface area contributed by atoms with E-state index < -0.39 is 10.0 Å². The number of nitrogens with one attached hydrogen (secondary N) is 1. The Hall–Kier alpha value is -1.99. The van der Waals surface area contributed by atoms with Crippen LogP contribution in [-0.2, 0) is 16.4 Å². The van der Waals surface area contributed by atoms with Gasteiger partial charge in [0.15, 0.2) is 5.82 Å². The smallest absolute Gasteiger partial charge is 0.263 e. The van der Waals surface area contributed by atoms with E-state index in [-0.39, 0.29) is 10.7 Å². The second-order valence-corrected chi connectivity index (χ2v) is 5.58. The van der Waals surface area contributed by atoms with Gasteiger partial charge in [-0.2, -0.15) is 5.10 Å². The highest BCUT2D eigenvalue weighted by Crippen LogP contribution is 2.14. The van der Waals surface area contributed by atoms with Crippen molar-refractivity contribution in [3.63, 3.8) is 0 Å². The summed E-state index contributed by atoms with van der Waals surface area (Å²) in [5.74, 6) is 0.188. The van der Waals surface area contributed by atoms with Gasteiger partial charge in [0, 0.05) is 6.20 Å². The molecule has 0 fully saturated rings. The van der Waals surface area contributed by atoms with E-state index in [0.717, 1.165) is 12.0 Å². The van der Waals surface area contributed by atoms with Crippen molar-refractivity contribution < 1.29 is 8.42 Å². The molecular weight excluding hydrogens is 264 g/mol. The molecular formula is C12H14N4O2S. The van der Waals surface area contributed by atoms with Gasteiger partial charge in [0.05, 0.1) is 4.90 Å². The van der Waals surface area contributed by atoms with Crippen molar-refractivity contribution in [2.24, 2.45) is 5.73 Å². The number of aromatic nitrogens is 2. The van der Waals surface area contributed by atoms with Crippen LogP contribution in [0.2, 0.25) is 0 Å². The van der Waals surface area contributed by atoms with Crippen LogP contribution in [0, 0.1) is 0 Å². The molecule has 0 aliphatic heterocycles. The summed E-state index contributed by atoms with van der Waals surface area (Å²) in [5.41, 5.74) is 6.44. The largest absolute Gasteiger partial charge is 0.330 e. The van der Waals surface area contributed by atoms with E-state index in [0.29, 0.717) is 6.54 Å². The average molecular weight is 278 g/mol. The number of hydrogen-bond acceptors (Lipinski definition) is 5. The van der Waals surface area contributed by atoms with E-state index in [9.17, 15) is 8.42 Å². The summed E-state index contributed by atoms with van der Waals surface area (Å²) in [6.07, 6.45) is 2.19. The molecule has 2 rings (SSSR count). The molecule has 0 amide bonds. The molecule has 3 N–H and O–H groups in total. The van der Waals surface area contributed by atoms with Crippen LogP contribution in [0.15, 0.2) is 47.5 Å². The average Bonchev–Trinajstić information content (AvgIpc) is 2.40. The normalized spacial score (nSPS) is 11.2. The number of benzene rings is 1. The van der Waals surface area contributed by atoms with Crippen LogP contribution >= 0.6 is 0 Å². The molecule has 100 valence electrons. The zero-order chi connectivity index (χ0) is 13.7. The molecule has 0 aliphatic rings. The van der Waals surface area contributed by atoms with E-state index in [2.05, 4.69) is 14.9 Å². The standard InChI is InChI=1S/C12H14N4O2S/c13-8-7-10-3-5-11(6-4-10)19(17,18)16-12-2-1-9-14-15-12/h1-6,9H,7-8,13H2,(H,15,16). The molecule has 6 nitrogen and oxygen atoms in total. The van der Waals surface area contributed by atoms with Crippen molar-refractivity contribution in [1.82, 2.24) is 10.2 Å². The van der Waals surface area contributed by atoms with Crippen LogP contribution in [0.5, 0.6) is 0 Å². The number of rotatable bonds is 5. The fourth-order valence-corrected chi connectivity index (χ4v) is 2.55. The lowest BCUT2D eigenvalue weighted by Crippen LogP contribution is -2.14. The van der Waals surface area contributed by atoms with Gasteiger partial charge in [-0.25, -0.2) is 8.42 Å². The zero-order valence-electron chi connectivity index (χ0n) is 10.2. The first-order valence-corrected chi connectivity index (χ1v) is 7.20. The molecule has 0 aliphatic carbocycles. The minimum Gasteiger partial charge on any atom is -0.330 e. The quantitative estimate of drug-likeness (QED) is 0.842. The summed E-state index contributed by atoms with van der Waals surface area (Å²) in [5, 5.41) is 7.29. The van der Waals surface area contributed by atoms with Crippen LogP contribution in [0.3, 0.4) is 0 Å². The summed E-state index contributed by atoms with van der Waals surface area (Å²) in [6.45, 7) is 0.532. The molecule has 19 heavy (non-hydrogen) atoms. The van der Waals surface area contributed by atoms with Crippen molar-refractivity contribution in [2.75, 3.05) is 11.3 Å². The third-order valence-corrected chi connectivity index (χ3v) is 3.85. The third kappa shape index (κ3) is 3.49. The molecule has 0 unspecified atom stereocenters. The molecule has 0 atom stereocenters. The van der Waals surface area contributed by atoms with Gasteiger partial charge in [-0.05, 0) is 42.8 Å². The summed E-state index contributed by atoms with van der Waals surface area (Å²) < 4.78 is 26.5. The highest BCUT2D eigenvalue weighted by molar-refractivity contribution is 7.92. The topological polar surface area (TPSA) is 98.0 Å². The number of hydrogen-bond donors (Lipinski definition) is 2. The Kier molecular flexibility index (Phi) is 4.08. The second-order valence-electron chi connectivity index (χ2n) is 3.90. The molecule has 1 aromatic heterocycles. The molecule has 1 heterocycles. The van der Waals surface area contributed by atoms with E-state index in [4.69, 9.17) is 5.73 Å². The van der Waals surface area contributed by atoms with Gasteiger partial charge < -0.3 is 5.73 Å². The van der Waals surface area contributed by atoms with Crippen molar-refractivity contribution in [3.8, 4) is 0 Å². The Balaban J connectivity index is 2.20. The molecule has 0 spiro atoms. The van der Waals surface area contributed by atoms with Gasteiger partial charge in [-0.15, -0.1) is 5.10 Å². The lowest BCUT2D eigenvalue weighted by Gasteiger charge is -2.07. The number of nitrogens with zero attached hydrogens (tertiary/aromatic N) is 2. The summed E-state index contributed by atoms with van der Waals surface area (Å²) >= 11 is 0. The van der Waals surface area contributed by atoms with E-state index in [1.54, 1.807) is 30.3 Å². The van der Waals surface area contributed by atoms with Gasteiger partial charge in [0.1, 0.15) is 0 Å². The first-order valence-electron chi connectivity index (χ1n) is 5.71. The third-order valence-electron chi connectivity index (χ3n) is 2.48. The SMILES string of the molecule is NCCc1ccc(S(=O)(=O)Nc2cccnn2)cc1. The van der Waals surface area contributed by atoms with Crippen LogP contribution in [0.4, 0.5) is 5.82 Å².